The summed E-state index contributed by atoms with van der Waals surface area (Å²) < 4.78 is 350. The van der Waals surface area contributed by atoms with Gasteiger partial charge in [0.25, 0.3) is 11.8 Å². The van der Waals surface area contributed by atoms with E-state index < -0.39 is 115 Å². The first-order chi connectivity index (χ1) is 30.0. The fourth-order valence-electron chi connectivity index (χ4n) is 0.511. The molecular weight excluding hydrogens is 1100 g/mol. The van der Waals surface area contributed by atoms with E-state index in [2.05, 4.69) is 47.1 Å². The molecule has 468 valence electrons. The summed E-state index contributed by atoms with van der Waals surface area (Å²) in [6.07, 6.45) is -19.6. The Morgan fingerprint density at radius 2 is 0.625 bits per heavy atom. The third kappa shape index (κ3) is 201. The molecule has 0 aromatic rings. The van der Waals surface area contributed by atoms with E-state index in [0.29, 0.717) is 28.5 Å². The van der Waals surface area contributed by atoms with Crippen LogP contribution < -0.4 is 0 Å². The maximum atomic E-state index is 12.2. The fourth-order valence-corrected chi connectivity index (χ4v) is 0.511. The van der Waals surface area contributed by atoms with Gasteiger partial charge in [-0.25, -0.2) is 52.7 Å². The minimum atomic E-state index is -4.96. The molecule has 0 aromatic carbocycles. The van der Waals surface area contributed by atoms with Crippen LogP contribution in [0, 0.1) is 0 Å². The van der Waals surface area contributed by atoms with E-state index in [1.807, 2.05) is 0 Å². The average molecular weight is 1180 g/mol. The molecular formula is C36H76F32O4. The number of halogens is 32. The average Bonchev–Trinajstić information content (AvgIpc) is 3.23. The van der Waals surface area contributed by atoms with E-state index >= 15 is 0 Å². The molecule has 0 saturated heterocycles. The molecule has 0 saturated carbocycles. The first-order valence-electron chi connectivity index (χ1n) is 16.5. The molecule has 0 rings (SSSR count). The molecule has 0 radical (unpaired) electrons. The molecule has 0 fully saturated rings. The van der Waals surface area contributed by atoms with E-state index in [4.69, 9.17) is 0 Å². The van der Waals surface area contributed by atoms with Gasteiger partial charge < -0.3 is 0 Å². The number of alkyl halides is 30. The van der Waals surface area contributed by atoms with E-state index in [1.165, 1.54) is 26.2 Å². The third-order valence-electron chi connectivity index (χ3n) is 3.19. The zero-order valence-electron chi connectivity index (χ0n) is 36.9. The summed E-state index contributed by atoms with van der Waals surface area (Å²) in [5.41, 5.74) is 0. The van der Waals surface area contributed by atoms with Crippen molar-refractivity contribution in [2.45, 2.75) is 160 Å². The summed E-state index contributed by atoms with van der Waals surface area (Å²) in [6, 6.07) is 0. The number of rotatable bonds is 12. The van der Waals surface area contributed by atoms with Gasteiger partial charge in [0.15, 0.2) is 46.8 Å². The lowest BCUT2D eigenvalue weighted by Gasteiger charge is -2.23. The number of hydrogen-bond acceptors (Lipinski definition) is 4. The van der Waals surface area contributed by atoms with Gasteiger partial charge in [0.1, 0.15) is 0 Å². The lowest BCUT2D eigenvalue weighted by Crippen LogP contribution is -2.41. The van der Waals surface area contributed by atoms with Crippen molar-refractivity contribution in [2.75, 3.05) is 82.1 Å². The molecule has 0 aromatic heterocycles. The Balaban J connectivity index is -0.0000000286. The van der Waals surface area contributed by atoms with Gasteiger partial charge in [-0.3, -0.25) is 22.6 Å². The molecule has 0 heterocycles. The zero-order chi connectivity index (χ0) is 58.0. The Labute approximate surface area is 402 Å². The molecule has 72 heavy (non-hydrogen) atoms. The number of hydrogen-bond donors (Lipinski definition) is 0. The Morgan fingerprint density at radius 1 is 0.389 bits per heavy atom. The second-order valence-corrected chi connectivity index (χ2v) is 9.52. The maximum absolute atomic E-state index is 12.2. The van der Waals surface area contributed by atoms with Crippen molar-refractivity contribution in [3.05, 3.63) is 0 Å². The smallest absolute Gasteiger partial charge is 0.291 e. The molecule has 0 amide bonds. The van der Waals surface area contributed by atoms with Crippen LogP contribution >= 0.6 is 0 Å². The highest BCUT2D eigenvalue weighted by molar-refractivity contribution is 4.70. The molecule has 0 spiro atoms. The van der Waals surface area contributed by atoms with Crippen LogP contribution in [0.2, 0.25) is 0 Å². The van der Waals surface area contributed by atoms with Gasteiger partial charge in [-0.05, 0) is 9.05 Å². The Hall–Kier alpha value is -2.40. The van der Waals surface area contributed by atoms with Gasteiger partial charge in [0, 0.05) is 20.3 Å². The topological polar surface area (TPSA) is 36.9 Å². The molecule has 0 unspecified atom stereocenters. The standard InChI is InChI=1S/C6H7F7O2.C4H7F3.C4H10.C3H5F3.C3H8.C2H2F4O.2C2H2F4.CH2F2O.CH2F2.3CH3F.5CH4/c1-4(8,9)6(12,13)15-3-14-5(10,11)2-7;1-2-4(6,7)3-5;1-3-4-2;1-3(5,6)2-4;1-3-2;3-2(4,5)1-7-6;2*3-1-2(4,5)6;2-1-4-3;2-1-3;3*1-2;;;;;/h2-3H2,1H3;2-3H2,1H3;3-4H2,1-2H3;2H2,1H3;3H2,1-2H3;1H2;2*1H2;1H2;1H2;3*1H3;5*1H4. The van der Waals surface area contributed by atoms with Crippen LogP contribution in [0.3, 0.4) is 0 Å². The van der Waals surface area contributed by atoms with Crippen molar-refractivity contribution < 1.29 is 160 Å². The normalized spacial score (nSPS) is 9.92. The molecule has 36 heteroatoms. The highest BCUT2D eigenvalue weighted by Crippen LogP contribution is 2.35. The Kier molecular flexibility index (Phi) is 137. The molecule has 0 aliphatic rings. The summed E-state index contributed by atoms with van der Waals surface area (Å²) >= 11 is 0. The Morgan fingerprint density at radius 3 is 0.694 bits per heavy atom. The summed E-state index contributed by atoms with van der Waals surface area (Å²) in [4.78, 5) is 4.66. The van der Waals surface area contributed by atoms with Gasteiger partial charge in [-0.2, -0.15) is 75.7 Å². The van der Waals surface area contributed by atoms with E-state index in [0.717, 1.165) is 0 Å². The van der Waals surface area contributed by atoms with Crippen molar-refractivity contribution in [3.8, 4) is 0 Å². The second kappa shape index (κ2) is 80.0. The predicted molar refractivity (Wildman–Crippen MR) is 215 cm³/mol. The van der Waals surface area contributed by atoms with E-state index in [1.54, 1.807) is 0 Å². The summed E-state index contributed by atoms with van der Waals surface area (Å²) in [5, 5.41) is 0. The predicted octanol–water partition coefficient (Wildman–Crippen LogP) is 20.7. The molecule has 0 N–H and O–H groups in total. The van der Waals surface area contributed by atoms with Crippen molar-refractivity contribution in [1.82, 2.24) is 0 Å². The van der Waals surface area contributed by atoms with Crippen LogP contribution in [-0.2, 0) is 19.4 Å². The first-order valence-corrected chi connectivity index (χ1v) is 16.5. The second-order valence-electron chi connectivity index (χ2n) is 9.52. The minimum Gasteiger partial charge on any atom is -0.291 e. The fraction of sp³-hybridized carbons (Fsp3) is 1.00. The maximum Gasteiger partial charge on any atom is 0.421 e. The summed E-state index contributed by atoms with van der Waals surface area (Å²) in [7, 11) is 1.50. The van der Waals surface area contributed by atoms with Gasteiger partial charge >= 0.3 is 36.7 Å². The molecule has 0 aliphatic carbocycles. The van der Waals surface area contributed by atoms with E-state index in [9.17, 15) is 141 Å². The SMILES string of the molecule is C.C.C.C.C.CC(F)(F)C(F)(F)OCOC(F)(F)CF.CC(F)(F)CF.CCC.CCC(F)(F)CF.CCCC.CF.CF.CF.FCC(F)(F)F.FCC(F)(F)F.FCF.FCOF.FOCC(F)(F)F. The summed E-state index contributed by atoms with van der Waals surface area (Å²) in [5.74, 6) is -10.8. The number of ether oxygens (including phenoxy) is 2. The highest BCUT2D eigenvalue weighted by atomic mass is 19.4. The van der Waals surface area contributed by atoms with Gasteiger partial charge in [0.2, 0.25) is 13.8 Å². The third-order valence-corrected chi connectivity index (χ3v) is 3.19. The van der Waals surface area contributed by atoms with Gasteiger partial charge in [-0.15, -0.1) is 0 Å². The van der Waals surface area contributed by atoms with Gasteiger partial charge in [0.05, 0.1) is 21.5 Å². The van der Waals surface area contributed by atoms with E-state index in [-0.39, 0.29) is 44.1 Å². The quantitative estimate of drug-likeness (QED) is 0.144. The van der Waals surface area contributed by atoms with Crippen molar-refractivity contribution in [1.29, 1.82) is 0 Å². The molecule has 0 aliphatic heterocycles. The molecule has 0 atom stereocenters. The highest BCUT2D eigenvalue weighted by Gasteiger charge is 2.54. The Bertz CT molecular complexity index is 764. The van der Waals surface area contributed by atoms with Crippen LogP contribution in [0.25, 0.3) is 0 Å². The monoisotopic (exact) mass is 1180 g/mol. The van der Waals surface area contributed by atoms with Crippen LogP contribution in [-0.4, -0.2) is 131 Å². The van der Waals surface area contributed by atoms with Crippen LogP contribution in [0.5, 0.6) is 0 Å². The lowest BCUT2D eigenvalue weighted by molar-refractivity contribution is -0.387. The van der Waals surface area contributed by atoms with Crippen molar-refractivity contribution >= 4 is 0 Å². The first kappa shape index (κ1) is 123. The van der Waals surface area contributed by atoms with Crippen LogP contribution in [0.4, 0.5) is 141 Å². The van der Waals surface area contributed by atoms with Gasteiger partial charge in [-0.1, -0.05) is 91.0 Å². The molecule has 0 bridgehead atoms. The summed E-state index contributed by atoms with van der Waals surface area (Å²) in [6.45, 7) is -6.38. The lowest BCUT2D eigenvalue weighted by atomic mass is 10.3. The van der Waals surface area contributed by atoms with Crippen molar-refractivity contribution in [2.24, 2.45) is 0 Å². The largest absolute Gasteiger partial charge is 0.421 e. The minimum absolute atomic E-state index is 0. The van der Waals surface area contributed by atoms with Crippen LogP contribution in [0.15, 0.2) is 0 Å². The van der Waals surface area contributed by atoms with Crippen LogP contribution in [0.1, 0.15) is 111 Å². The number of unbranched alkanes of at least 4 members (excludes halogenated alkanes) is 1. The zero-order valence-corrected chi connectivity index (χ0v) is 36.9. The molecule has 4 nitrogen and oxygen atoms in total. The van der Waals surface area contributed by atoms with Crippen molar-refractivity contribution in [3.63, 3.8) is 0 Å².